The predicted molar refractivity (Wildman–Crippen MR) is 94.2 cm³/mol. The number of carbonyl (C=O) groups excluding carboxylic acids is 1. The molecule has 0 saturated carbocycles. The van der Waals surface area contributed by atoms with Gasteiger partial charge in [-0.05, 0) is 27.2 Å². The SMILES string of the molecule is CCO[Si](CCCNC(=O)[C@@H](O)[C@@H](O)[C@@H](O)[C@@H](O)CO)(OCC)OCC. The number of aliphatic hydroxyl groups excluding tert-OH is 5. The van der Waals surface area contributed by atoms with Gasteiger partial charge in [-0.15, -0.1) is 0 Å². The maximum atomic E-state index is 11.8. The Bertz CT molecular complexity index is 371. The van der Waals surface area contributed by atoms with Gasteiger partial charge in [-0.2, -0.15) is 0 Å². The van der Waals surface area contributed by atoms with E-state index >= 15 is 0 Å². The van der Waals surface area contributed by atoms with E-state index < -0.39 is 45.7 Å². The van der Waals surface area contributed by atoms with Crippen molar-refractivity contribution in [2.45, 2.75) is 57.7 Å². The average Bonchev–Trinajstić information content (AvgIpc) is 2.63. The fraction of sp³-hybridized carbons (Fsp3) is 0.933. The van der Waals surface area contributed by atoms with Gasteiger partial charge in [0.05, 0.1) is 6.61 Å². The van der Waals surface area contributed by atoms with Gasteiger partial charge in [-0.1, -0.05) is 0 Å². The molecule has 0 radical (unpaired) electrons. The van der Waals surface area contributed by atoms with Crippen molar-refractivity contribution in [1.82, 2.24) is 5.32 Å². The molecule has 10 nitrogen and oxygen atoms in total. The molecule has 11 heteroatoms. The number of hydrogen-bond acceptors (Lipinski definition) is 9. The highest BCUT2D eigenvalue weighted by Gasteiger charge is 2.40. The maximum Gasteiger partial charge on any atom is 0.500 e. The van der Waals surface area contributed by atoms with Crippen molar-refractivity contribution in [1.29, 1.82) is 0 Å². The zero-order chi connectivity index (χ0) is 20.2. The minimum atomic E-state index is -2.82. The number of aliphatic hydroxyl groups is 5. The Labute approximate surface area is 155 Å². The summed E-state index contributed by atoms with van der Waals surface area (Å²) in [4.78, 5) is 11.8. The second-order valence-corrected chi connectivity index (χ2v) is 8.28. The number of rotatable bonds is 15. The molecule has 0 unspecified atom stereocenters. The summed E-state index contributed by atoms with van der Waals surface area (Å²) >= 11 is 0. The van der Waals surface area contributed by atoms with E-state index in [0.717, 1.165) is 0 Å². The van der Waals surface area contributed by atoms with Crippen LogP contribution in [-0.2, 0) is 18.1 Å². The molecule has 0 aliphatic carbocycles. The van der Waals surface area contributed by atoms with Crippen LogP contribution in [0.2, 0.25) is 6.04 Å². The van der Waals surface area contributed by atoms with Crippen molar-refractivity contribution in [2.75, 3.05) is 33.0 Å². The summed E-state index contributed by atoms with van der Waals surface area (Å²) in [6, 6.07) is 0.466. The van der Waals surface area contributed by atoms with Crippen LogP contribution in [0.3, 0.4) is 0 Å². The summed E-state index contributed by atoms with van der Waals surface area (Å²) in [6.07, 6.45) is -6.93. The molecule has 0 aliphatic heterocycles. The van der Waals surface area contributed by atoms with Crippen LogP contribution in [0.1, 0.15) is 27.2 Å². The monoisotopic (exact) mass is 399 g/mol. The van der Waals surface area contributed by atoms with E-state index in [9.17, 15) is 25.2 Å². The van der Waals surface area contributed by atoms with E-state index in [2.05, 4.69) is 5.32 Å². The lowest BCUT2D eigenvalue weighted by molar-refractivity contribution is -0.148. The molecule has 4 atom stereocenters. The van der Waals surface area contributed by atoms with Crippen LogP contribution < -0.4 is 5.32 Å². The molecule has 26 heavy (non-hydrogen) atoms. The van der Waals surface area contributed by atoms with E-state index in [0.29, 0.717) is 32.3 Å². The van der Waals surface area contributed by atoms with Crippen LogP contribution in [0, 0.1) is 0 Å². The first-order valence-electron chi connectivity index (χ1n) is 8.81. The van der Waals surface area contributed by atoms with Crippen molar-refractivity contribution in [3.63, 3.8) is 0 Å². The smallest absolute Gasteiger partial charge is 0.394 e. The number of hydrogen-bond donors (Lipinski definition) is 6. The van der Waals surface area contributed by atoms with Crippen LogP contribution in [-0.4, -0.2) is 97.6 Å². The van der Waals surface area contributed by atoms with Gasteiger partial charge in [0, 0.05) is 32.4 Å². The quantitative estimate of drug-likeness (QED) is 0.135. The lowest BCUT2D eigenvalue weighted by Gasteiger charge is -2.28. The third-order valence-corrected chi connectivity index (χ3v) is 6.73. The van der Waals surface area contributed by atoms with Gasteiger partial charge in [0.2, 0.25) is 0 Å². The normalized spacial score (nSPS) is 16.8. The fourth-order valence-corrected chi connectivity index (χ4v) is 4.91. The molecular formula is C15H33NO9Si. The van der Waals surface area contributed by atoms with Gasteiger partial charge in [0.15, 0.2) is 6.10 Å². The van der Waals surface area contributed by atoms with Gasteiger partial charge in [0.25, 0.3) is 5.91 Å². The second kappa shape index (κ2) is 13.5. The summed E-state index contributed by atoms with van der Waals surface area (Å²) in [6.45, 7) is 6.19. The van der Waals surface area contributed by atoms with Gasteiger partial charge in [-0.25, -0.2) is 0 Å². The zero-order valence-electron chi connectivity index (χ0n) is 15.6. The molecule has 0 aromatic carbocycles. The van der Waals surface area contributed by atoms with E-state index in [4.69, 9.17) is 18.4 Å². The third-order valence-electron chi connectivity index (χ3n) is 3.58. The Hall–Kier alpha value is -0.633. The molecule has 0 heterocycles. The third kappa shape index (κ3) is 8.37. The zero-order valence-corrected chi connectivity index (χ0v) is 16.6. The predicted octanol–water partition coefficient (Wildman–Crippen LogP) is -2.02. The van der Waals surface area contributed by atoms with E-state index in [1.54, 1.807) is 0 Å². The highest BCUT2D eigenvalue weighted by atomic mass is 28.4. The number of carbonyl (C=O) groups is 1. The Morgan fingerprint density at radius 1 is 0.962 bits per heavy atom. The molecule has 0 aliphatic rings. The van der Waals surface area contributed by atoms with Gasteiger partial charge in [-0.3, -0.25) is 4.79 Å². The van der Waals surface area contributed by atoms with Gasteiger partial charge >= 0.3 is 8.80 Å². The summed E-state index contributed by atoms with van der Waals surface area (Å²) in [5.41, 5.74) is 0. The van der Waals surface area contributed by atoms with Crippen molar-refractivity contribution in [3.05, 3.63) is 0 Å². The first-order chi connectivity index (χ1) is 12.3. The molecule has 0 aromatic rings. The van der Waals surface area contributed by atoms with Gasteiger partial charge in [0.1, 0.15) is 18.3 Å². The van der Waals surface area contributed by atoms with Crippen LogP contribution >= 0.6 is 0 Å². The summed E-state index contributed by atoms with van der Waals surface area (Å²) in [5, 5.41) is 49.3. The fourth-order valence-electron chi connectivity index (χ4n) is 2.30. The van der Waals surface area contributed by atoms with Crippen LogP contribution in [0.5, 0.6) is 0 Å². The lowest BCUT2D eigenvalue weighted by Crippen LogP contribution is -2.52. The molecule has 6 N–H and O–H groups in total. The minimum absolute atomic E-state index is 0.170. The van der Waals surface area contributed by atoms with E-state index in [-0.39, 0.29) is 6.54 Å². The molecule has 0 bridgehead atoms. The van der Waals surface area contributed by atoms with Crippen LogP contribution in [0.25, 0.3) is 0 Å². The molecule has 0 spiro atoms. The Balaban J connectivity index is 4.49. The first kappa shape index (κ1) is 25.4. The highest BCUT2D eigenvalue weighted by molar-refractivity contribution is 6.60. The van der Waals surface area contributed by atoms with Crippen molar-refractivity contribution < 1.29 is 43.6 Å². The molecule has 156 valence electrons. The average molecular weight is 400 g/mol. The van der Waals surface area contributed by atoms with Gasteiger partial charge < -0.3 is 44.1 Å². The minimum Gasteiger partial charge on any atom is -0.394 e. The number of nitrogens with one attached hydrogen (secondary N) is 1. The molecule has 1 amide bonds. The molecule has 0 saturated heterocycles. The highest BCUT2D eigenvalue weighted by Crippen LogP contribution is 2.17. The summed E-state index contributed by atoms with van der Waals surface area (Å²) < 4.78 is 17.0. The largest absolute Gasteiger partial charge is 0.500 e. The van der Waals surface area contributed by atoms with Crippen LogP contribution in [0.4, 0.5) is 0 Å². The molecular weight excluding hydrogens is 366 g/mol. The summed E-state index contributed by atoms with van der Waals surface area (Å²) in [7, 11) is -2.82. The topological polar surface area (TPSA) is 158 Å². The van der Waals surface area contributed by atoms with Crippen LogP contribution in [0.15, 0.2) is 0 Å². The maximum absolute atomic E-state index is 11.8. The molecule has 0 aromatic heterocycles. The number of amides is 1. The Kier molecular flexibility index (Phi) is 13.2. The standard InChI is InChI=1S/C15H33NO9Si/c1-4-23-26(24-5-2,25-6-3)9-7-8-16-15(22)14(21)13(20)12(19)11(18)10-17/h11-14,17-21H,4-10H2,1-3H3,(H,16,22)/t11-,12-,13-,14-/m0/s1. The van der Waals surface area contributed by atoms with Crippen molar-refractivity contribution in [3.8, 4) is 0 Å². The Morgan fingerprint density at radius 2 is 1.46 bits per heavy atom. The van der Waals surface area contributed by atoms with E-state index in [1.165, 1.54) is 0 Å². The second-order valence-electron chi connectivity index (χ2n) is 5.55. The Morgan fingerprint density at radius 3 is 1.88 bits per heavy atom. The first-order valence-corrected chi connectivity index (χ1v) is 10.7. The van der Waals surface area contributed by atoms with Crippen molar-refractivity contribution >= 4 is 14.7 Å². The lowest BCUT2D eigenvalue weighted by atomic mass is 10.0. The molecule has 0 rings (SSSR count). The molecule has 0 fully saturated rings. The van der Waals surface area contributed by atoms with Crippen molar-refractivity contribution in [2.24, 2.45) is 0 Å². The summed E-state index contributed by atoms with van der Waals surface area (Å²) in [5.74, 6) is -0.904. The van der Waals surface area contributed by atoms with E-state index in [1.807, 2.05) is 20.8 Å².